The molecule has 0 atom stereocenters. The Balaban J connectivity index is 0. The van der Waals surface area contributed by atoms with Crippen molar-refractivity contribution in [3.63, 3.8) is 0 Å². The van der Waals surface area contributed by atoms with E-state index in [9.17, 15) is 4.79 Å². The van der Waals surface area contributed by atoms with E-state index in [1.54, 1.807) is 0 Å². The summed E-state index contributed by atoms with van der Waals surface area (Å²) in [5.41, 5.74) is 0. The average Bonchev–Trinajstić information content (AvgIpc) is 1.58. The molecule has 0 aromatic rings. The van der Waals surface area contributed by atoms with Gasteiger partial charge in [-0.15, -0.1) is 0 Å². The first-order valence-electron chi connectivity index (χ1n) is 3.49. The van der Waals surface area contributed by atoms with Gasteiger partial charge in [0, 0.05) is 46.9 Å². The van der Waals surface area contributed by atoms with Crippen LogP contribution in [-0.2, 0) is 4.74 Å². The Hall–Kier alpha value is 0.621. The zero-order chi connectivity index (χ0) is 8.15. The van der Waals surface area contributed by atoms with E-state index >= 15 is 0 Å². The van der Waals surface area contributed by atoms with Gasteiger partial charge in [0.2, 0.25) is 0 Å². The fraction of sp³-hybridized carbons (Fsp3) is 0.857. The quantitative estimate of drug-likeness (QED) is 0.837. The van der Waals surface area contributed by atoms with Crippen molar-refractivity contribution in [2.24, 2.45) is 0 Å². The van der Waals surface area contributed by atoms with E-state index < -0.39 is 0 Å². The maximum absolute atomic E-state index is 10.7. The molecule has 3 nitrogen and oxygen atoms in total. The van der Waals surface area contributed by atoms with E-state index in [0.29, 0.717) is 0 Å². The number of hydrogen-bond acceptors (Lipinski definition) is 2. The third kappa shape index (κ3) is 10.6. The van der Waals surface area contributed by atoms with Crippen molar-refractivity contribution in [3.8, 4) is 0 Å². The van der Waals surface area contributed by atoms with Gasteiger partial charge in [0.25, 0.3) is 0 Å². The average molecular weight is 289 g/mol. The summed E-state index contributed by atoms with van der Waals surface area (Å²) in [7, 11) is 0. The first-order valence-corrected chi connectivity index (χ1v) is 3.49. The van der Waals surface area contributed by atoms with Crippen LogP contribution in [0.25, 0.3) is 0 Å². The summed E-state index contributed by atoms with van der Waals surface area (Å²) < 4.78 is 4.81. The molecule has 0 aromatic carbocycles. The molecule has 0 aliphatic rings. The van der Waals surface area contributed by atoms with Crippen molar-refractivity contribution >= 4 is 6.09 Å². The van der Waals surface area contributed by atoms with E-state index in [1.807, 2.05) is 27.7 Å². The van der Waals surface area contributed by atoms with Crippen LogP contribution in [0.4, 0.5) is 4.79 Å². The molecule has 4 heteroatoms. The molecule has 1 N–H and O–H groups in total. The fourth-order valence-corrected chi connectivity index (χ4v) is 0.484. The van der Waals surface area contributed by atoms with Crippen molar-refractivity contribution in [2.45, 2.75) is 39.8 Å². The minimum absolute atomic E-state index is 0. The molecule has 64 valence electrons. The third-order valence-electron chi connectivity index (χ3n) is 0.749. The minimum atomic E-state index is -0.343. The van der Waals surface area contributed by atoms with E-state index in [-0.39, 0.29) is 59.1 Å². The summed E-state index contributed by atoms with van der Waals surface area (Å²) in [5.74, 6) is 0. The Labute approximate surface area is 101 Å². The second-order valence-corrected chi connectivity index (χ2v) is 2.75. The number of carbonyl (C=O) groups excluding carboxylic acids is 1. The maximum atomic E-state index is 10.7. The molecule has 0 heterocycles. The van der Waals surface area contributed by atoms with Gasteiger partial charge in [-0.1, -0.05) is 0 Å². The fourth-order valence-electron chi connectivity index (χ4n) is 0.484. The summed E-state index contributed by atoms with van der Waals surface area (Å²) in [4.78, 5) is 10.7. The number of ether oxygens (including phenoxy) is 1. The second-order valence-electron chi connectivity index (χ2n) is 2.75. The number of carbonyl (C=O) groups is 1. The zero-order valence-electron chi connectivity index (χ0n) is 7.47. The normalized spacial score (nSPS) is 9.27. The SMILES string of the molecule is CC(C)NC(=O)OC(C)C.[Nd]. The first-order chi connectivity index (χ1) is 4.52. The van der Waals surface area contributed by atoms with Crippen LogP contribution in [0.2, 0.25) is 0 Å². The Kier molecular flexibility index (Phi) is 9.37. The molecule has 0 radical (unpaired) electrons. The summed E-state index contributed by atoms with van der Waals surface area (Å²) in [6.45, 7) is 7.42. The van der Waals surface area contributed by atoms with E-state index in [1.165, 1.54) is 0 Å². The predicted octanol–water partition coefficient (Wildman–Crippen LogP) is 1.53. The van der Waals surface area contributed by atoms with Crippen LogP contribution in [0, 0.1) is 40.8 Å². The topological polar surface area (TPSA) is 38.3 Å². The maximum Gasteiger partial charge on any atom is 0.407 e. The summed E-state index contributed by atoms with van der Waals surface area (Å²) in [6.07, 6.45) is -0.385. The molecule has 0 aromatic heterocycles. The molecule has 1 amide bonds. The molecular weight excluding hydrogens is 274 g/mol. The van der Waals surface area contributed by atoms with Gasteiger partial charge in [-0.05, 0) is 27.7 Å². The molecular formula is C7H15NNdO2. The van der Waals surface area contributed by atoms with E-state index in [4.69, 9.17) is 4.74 Å². The van der Waals surface area contributed by atoms with E-state index in [0.717, 1.165) is 0 Å². The molecule has 0 aliphatic heterocycles. The Morgan fingerprint density at radius 3 is 2.00 bits per heavy atom. The van der Waals surface area contributed by atoms with Crippen LogP contribution in [0.15, 0.2) is 0 Å². The summed E-state index contributed by atoms with van der Waals surface area (Å²) >= 11 is 0. The van der Waals surface area contributed by atoms with Crippen molar-refractivity contribution < 1.29 is 50.4 Å². The van der Waals surface area contributed by atoms with Crippen LogP contribution >= 0.6 is 0 Å². The largest absolute Gasteiger partial charge is 0.447 e. The summed E-state index contributed by atoms with van der Waals surface area (Å²) in [6, 6.07) is 0.145. The smallest absolute Gasteiger partial charge is 0.407 e. The van der Waals surface area contributed by atoms with Crippen LogP contribution in [0.3, 0.4) is 0 Å². The van der Waals surface area contributed by atoms with Crippen LogP contribution < -0.4 is 5.32 Å². The van der Waals surface area contributed by atoms with Gasteiger partial charge < -0.3 is 10.1 Å². The van der Waals surface area contributed by atoms with Crippen LogP contribution in [0.5, 0.6) is 0 Å². The van der Waals surface area contributed by atoms with Gasteiger partial charge >= 0.3 is 6.09 Å². The van der Waals surface area contributed by atoms with Gasteiger partial charge in [0.15, 0.2) is 0 Å². The molecule has 0 fully saturated rings. The minimum Gasteiger partial charge on any atom is -0.447 e. The Morgan fingerprint density at radius 1 is 1.27 bits per heavy atom. The number of alkyl carbamates (subject to hydrolysis) is 1. The molecule has 0 saturated heterocycles. The second kappa shape index (κ2) is 7.28. The predicted molar refractivity (Wildman–Crippen MR) is 39.9 cm³/mol. The third-order valence-corrected chi connectivity index (χ3v) is 0.749. The zero-order valence-corrected chi connectivity index (χ0v) is 10.7. The summed E-state index contributed by atoms with van der Waals surface area (Å²) in [5, 5.41) is 2.61. The van der Waals surface area contributed by atoms with Crippen molar-refractivity contribution in [1.29, 1.82) is 0 Å². The van der Waals surface area contributed by atoms with Gasteiger partial charge in [-0.2, -0.15) is 0 Å². The van der Waals surface area contributed by atoms with Gasteiger partial charge in [0.1, 0.15) is 0 Å². The molecule has 0 saturated carbocycles. The van der Waals surface area contributed by atoms with Gasteiger partial charge in [0.05, 0.1) is 6.10 Å². The molecule has 0 spiro atoms. The monoisotopic (exact) mass is 287 g/mol. The Bertz CT molecular complexity index is 103. The number of hydrogen-bond donors (Lipinski definition) is 1. The van der Waals surface area contributed by atoms with Crippen molar-refractivity contribution in [2.75, 3.05) is 0 Å². The van der Waals surface area contributed by atoms with Crippen LogP contribution in [0.1, 0.15) is 27.7 Å². The van der Waals surface area contributed by atoms with E-state index in [2.05, 4.69) is 5.32 Å². The molecule has 0 bridgehead atoms. The molecule has 11 heavy (non-hydrogen) atoms. The van der Waals surface area contributed by atoms with Gasteiger partial charge in [-0.3, -0.25) is 0 Å². The van der Waals surface area contributed by atoms with Gasteiger partial charge in [-0.25, -0.2) is 4.79 Å². The van der Waals surface area contributed by atoms with Crippen LogP contribution in [-0.4, -0.2) is 18.2 Å². The number of amides is 1. The number of rotatable bonds is 2. The molecule has 0 unspecified atom stereocenters. The standard InChI is InChI=1S/C7H15NO2.Nd/c1-5(2)8-7(9)10-6(3)4;/h5-6H,1-4H3,(H,8,9);. The number of nitrogens with one attached hydrogen (secondary N) is 1. The first kappa shape index (κ1) is 14.2. The Morgan fingerprint density at radius 2 is 1.73 bits per heavy atom. The molecule has 0 aliphatic carbocycles. The van der Waals surface area contributed by atoms with Crippen molar-refractivity contribution in [1.82, 2.24) is 5.32 Å². The van der Waals surface area contributed by atoms with Crippen molar-refractivity contribution in [3.05, 3.63) is 0 Å². The molecule has 0 rings (SSSR count).